The molecule has 4 heteroatoms. The van der Waals surface area contributed by atoms with Crippen LogP contribution >= 0.6 is 0 Å². The summed E-state index contributed by atoms with van der Waals surface area (Å²) in [5, 5.41) is 20.0. The van der Waals surface area contributed by atoms with Crippen LogP contribution in [0.3, 0.4) is 0 Å². The smallest absolute Gasteiger partial charge is 0.120 e. The van der Waals surface area contributed by atoms with Gasteiger partial charge in [-0.3, -0.25) is 0 Å². The Morgan fingerprint density at radius 1 is 0.739 bits per heavy atom. The largest absolute Gasteiger partial charge is 0.393 e. The number of rotatable bonds is 14. The van der Waals surface area contributed by atoms with Crippen LogP contribution in [0.15, 0.2) is 0 Å². The van der Waals surface area contributed by atoms with Crippen molar-refractivity contribution in [3.05, 3.63) is 0 Å². The molecule has 0 aliphatic heterocycles. The first-order valence-corrected chi connectivity index (χ1v) is 8.85. The van der Waals surface area contributed by atoms with Crippen LogP contribution in [0.4, 0.5) is 0 Å². The Bertz CT molecular complexity index is 304. The fourth-order valence-corrected chi connectivity index (χ4v) is 2.65. The third kappa shape index (κ3) is 12.4. The first-order valence-electron chi connectivity index (χ1n) is 8.85. The lowest BCUT2D eigenvalue weighted by atomic mass is 9.83. The molecule has 136 valence electrons. The van der Waals surface area contributed by atoms with Crippen molar-refractivity contribution in [3.8, 4) is 0 Å². The summed E-state index contributed by atoms with van der Waals surface area (Å²) in [6, 6.07) is 0. The van der Waals surface area contributed by atoms with E-state index in [1.165, 1.54) is 0 Å². The van der Waals surface area contributed by atoms with Crippen molar-refractivity contribution in [2.75, 3.05) is 0 Å². The van der Waals surface area contributed by atoms with Gasteiger partial charge in [0.15, 0.2) is 0 Å². The van der Waals surface area contributed by atoms with Gasteiger partial charge in [0.25, 0.3) is 0 Å². The van der Waals surface area contributed by atoms with Gasteiger partial charge in [-0.1, -0.05) is 27.7 Å². The molecule has 0 saturated heterocycles. The van der Waals surface area contributed by atoms with E-state index in [9.17, 15) is 19.8 Å². The van der Waals surface area contributed by atoms with Crippen molar-refractivity contribution in [1.29, 1.82) is 0 Å². The summed E-state index contributed by atoms with van der Waals surface area (Å²) < 4.78 is 0. The molecule has 0 radical (unpaired) electrons. The SMILES string of the molecule is CC(C)(CC=O)CCC(O)CCCC(O)CCC(C)(C)CC=O. The molecule has 0 aromatic rings. The van der Waals surface area contributed by atoms with Crippen molar-refractivity contribution in [1.82, 2.24) is 0 Å². The Morgan fingerprint density at radius 2 is 1.09 bits per heavy atom. The zero-order valence-corrected chi connectivity index (χ0v) is 15.4. The number of hydrogen-bond donors (Lipinski definition) is 2. The molecular weight excluding hydrogens is 292 g/mol. The van der Waals surface area contributed by atoms with Crippen LogP contribution in [0, 0.1) is 10.8 Å². The minimum absolute atomic E-state index is 0.0492. The van der Waals surface area contributed by atoms with Crippen molar-refractivity contribution in [2.24, 2.45) is 10.8 Å². The third-order valence-electron chi connectivity index (χ3n) is 4.66. The lowest BCUT2D eigenvalue weighted by Crippen LogP contribution is -2.18. The average Bonchev–Trinajstić information content (AvgIpc) is 2.43. The fraction of sp³-hybridized carbons (Fsp3) is 0.895. The van der Waals surface area contributed by atoms with Crippen molar-refractivity contribution >= 4 is 12.6 Å². The van der Waals surface area contributed by atoms with E-state index in [1.54, 1.807) is 0 Å². The first kappa shape index (κ1) is 22.3. The number of carbonyl (C=O) groups is 2. The van der Waals surface area contributed by atoms with E-state index >= 15 is 0 Å². The molecule has 4 nitrogen and oxygen atoms in total. The summed E-state index contributed by atoms with van der Waals surface area (Å²) in [5.74, 6) is 0. The molecule has 0 rings (SSSR count). The molecule has 0 aromatic heterocycles. The van der Waals surface area contributed by atoms with Crippen LogP contribution in [0.2, 0.25) is 0 Å². The molecule has 2 atom stereocenters. The lowest BCUT2D eigenvalue weighted by Gasteiger charge is -2.24. The van der Waals surface area contributed by atoms with Crippen LogP contribution < -0.4 is 0 Å². The number of aliphatic hydroxyl groups is 2. The number of aldehydes is 2. The van der Waals surface area contributed by atoms with Gasteiger partial charge in [0.1, 0.15) is 12.6 Å². The predicted octanol–water partition coefficient (Wildman–Crippen LogP) is 3.67. The average molecular weight is 328 g/mol. The molecule has 0 heterocycles. The van der Waals surface area contributed by atoms with Gasteiger partial charge in [0.05, 0.1) is 12.2 Å². The van der Waals surface area contributed by atoms with E-state index in [2.05, 4.69) is 0 Å². The summed E-state index contributed by atoms with van der Waals surface area (Å²) in [6.07, 6.45) is 7.42. The summed E-state index contributed by atoms with van der Waals surface area (Å²) in [4.78, 5) is 21.2. The Morgan fingerprint density at radius 3 is 1.39 bits per heavy atom. The molecule has 0 aliphatic rings. The van der Waals surface area contributed by atoms with Crippen molar-refractivity contribution in [3.63, 3.8) is 0 Å². The molecule has 0 aliphatic carbocycles. The molecule has 0 amide bonds. The summed E-state index contributed by atoms with van der Waals surface area (Å²) in [7, 11) is 0. The van der Waals surface area contributed by atoms with Gasteiger partial charge >= 0.3 is 0 Å². The summed E-state index contributed by atoms with van der Waals surface area (Å²) in [5.41, 5.74) is -0.0984. The number of aliphatic hydroxyl groups excluding tert-OH is 2. The van der Waals surface area contributed by atoms with E-state index in [4.69, 9.17) is 0 Å². The maximum atomic E-state index is 10.6. The van der Waals surface area contributed by atoms with Gasteiger partial charge in [-0.15, -0.1) is 0 Å². The van der Waals surface area contributed by atoms with E-state index in [1.807, 2.05) is 27.7 Å². The van der Waals surface area contributed by atoms with Crippen LogP contribution in [0.1, 0.15) is 85.5 Å². The Labute approximate surface area is 141 Å². The fourth-order valence-electron chi connectivity index (χ4n) is 2.65. The Kier molecular flexibility index (Phi) is 10.6. The Hall–Kier alpha value is -0.740. The van der Waals surface area contributed by atoms with Gasteiger partial charge in [0, 0.05) is 12.8 Å². The topological polar surface area (TPSA) is 74.6 Å². The predicted molar refractivity (Wildman–Crippen MR) is 93.3 cm³/mol. The van der Waals surface area contributed by atoms with Crippen molar-refractivity contribution in [2.45, 2.75) is 97.7 Å². The monoisotopic (exact) mass is 328 g/mol. The van der Waals surface area contributed by atoms with Crippen LogP contribution in [-0.4, -0.2) is 35.0 Å². The maximum absolute atomic E-state index is 10.6. The second-order valence-electron chi connectivity index (χ2n) is 8.39. The lowest BCUT2D eigenvalue weighted by molar-refractivity contribution is -0.110. The molecule has 0 fully saturated rings. The van der Waals surface area contributed by atoms with Crippen molar-refractivity contribution < 1.29 is 19.8 Å². The van der Waals surface area contributed by atoms with Crippen LogP contribution in [0.5, 0.6) is 0 Å². The second-order valence-corrected chi connectivity index (χ2v) is 8.39. The highest BCUT2D eigenvalue weighted by Crippen LogP contribution is 2.28. The molecule has 0 bridgehead atoms. The minimum atomic E-state index is -0.361. The van der Waals surface area contributed by atoms with Gasteiger partial charge in [-0.05, 0) is 55.8 Å². The van der Waals surface area contributed by atoms with Gasteiger partial charge in [-0.25, -0.2) is 0 Å². The quantitative estimate of drug-likeness (QED) is 0.477. The highest BCUT2D eigenvalue weighted by molar-refractivity contribution is 5.50. The molecule has 0 spiro atoms. The van der Waals surface area contributed by atoms with Crippen LogP contribution in [0.25, 0.3) is 0 Å². The third-order valence-corrected chi connectivity index (χ3v) is 4.66. The maximum Gasteiger partial charge on any atom is 0.120 e. The summed E-state index contributed by atoms with van der Waals surface area (Å²) in [6.45, 7) is 8.16. The van der Waals surface area contributed by atoms with E-state index < -0.39 is 0 Å². The Balaban J connectivity index is 3.84. The van der Waals surface area contributed by atoms with Gasteiger partial charge in [-0.2, -0.15) is 0 Å². The highest BCUT2D eigenvalue weighted by atomic mass is 16.3. The van der Waals surface area contributed by atoms with E-state index in [-0.39, 0.29) is 23.0 Å². The standard InChI is InChI=1S/C19H36O4/c1-18(2,12-14-20)10-8-16(22)6-5-7-17(23)9-11-19(3,4)13-15-21/h14-17,22-23H,5-13H2,1-4H3. The zero-order chi connectivity index (χ0) is 17.9. The molecule has 2 unspecified atom stereocenters. The zero-order valence-electron chi connectivity index (χ0n) is 15.4. The first-order chi connectivity index (χ1) is 10.6. The van der Waals surface area contributed by atoms with Gasteiger partial charge in [0.2, 0.25) is 0 Å². The number of carbonyl (C=O) groups excluding carboxylic acids is 2. The van der Waals surface area contributed by atoms with Gasteiger partial charge < -0.3 is 19.8 Å². The van der Waals surface area contributed by atoms with Crippen LogP contribution in [-0.2, 0) is 9.59 Å². The number of hydrogen-bond acceptors (Lipinski definition) is 4. The molecular formula is C19H36O4. The molecule has 2 N–H and O–H groups in total. The second kappa shape index (κ2) is 10.9. The summed E-state index contributed by atoms with van der Waals surface area (Å²) >= 11 is 0. The van der Waals surface area contributed by atoms with E-state index in [0.29, 0.717) is 38.5 Å². The molecule has 0 aromatic carbocycles. The highest BCUT2D eigenvalue weighted by Gasteiger charge is 2.20. The molecule has 0 saturated carbocycles. The minimum Gasteiger partial charge on any atom is -0.393 e. The molecule has 23 heavy (non-hydrogen) atoms. The normalized spacial score (nSPS) is 15.2. The van der Waals surface area contributed by atoms with E-state index in [0.717, 1.165) is 31.8 Å².